The van der Waals surface area contributed by atoms with Crippen LogP contribution in [0.2, 0.25) is 5.02 Å². The molecule has 3 aromatic rings. The number of aromatic amines is 1. The maximum atomic E-state index is 15.0. The van der Waals surface area contributed by atoms with Crippen molar-refractivity contribution in [2.75, 3.05) is 31.2 Å². The second-order valence-corrected chi connectivity index (χ2v) is 9.81. The highest BCUT2D eigenvalue weighted by Crippen LogP contribution is 2.25. The highest BCUT2D eigenvalue weighted by molar-refractivity contribution is 6.30. The van der Waals surface area contributed by atoms with Gasteiger partial charge in [-0.25, -0.2) is 23.5 Å². The van der Waals surface area contributed by atoms with Crippen molar-refractivity contribution in [3.8, 4) is 0 Å². The van der Waals surface area contributed by atoms with Gasteiger partial charge in [0.1, 0.15) is 5.82 Å². The molecule has 0 unspecified atom stereocenters. The molecule has 1 aliphatic rings. The number of hydrogen-bond donors (Lipinski definition) is 2. The van der Waals surface area contributed by atoms with Crippen LogP contribution in [0.1, 0.15) is 19.4 Å². The van der Waals surface area contributed by atoms with Gasteiger partial charge in [0.15, 0.2) is 0 Å². The zero-order valence-corrected chi connectivity index (χ0v) is 21.2. The lowest BCUT2D eigenvalue weighted by molar-refractivity contribution is -0.147. The van der Waals surface area contributed by atoms with Crippen LogP contribution in [0, 0.1) is 11.2 Å². The molecule has 0 atom stereocenters. The Morgan fingerprint density at radius 3 is 2.43 bits per heavy atom. The first-order chi connectivity index (χ1) is 17.5. The Hall–Kier alpha value is -3.70. The van der Waals surface area contributed by atoms with E-state index < -0.39 is 28.6 Å². The number of carboxylic acids is 1. The fourth-order valence-electron chi connectivity index (χ4n) is 3.91. The van der Waals surface area contributed by atoms with Crippen molar-refractivity contribution in [2.45, 2.75) is 26.9 Å². The molecule has 196 valence electrons. The number of halogens is 2. The Bertz CT molecular complexity index is 1490. The van der Waals surface area contributed by atoms with E-state index in [-0.39, 0.29) is 24.4 Å². The van der Waals surface area contributed by atoms with Crippen molar-refractivity contribution in [1.29, 1.82) is 0 Å². The maximum Gasteiger partial charge on any atom is 0.335 e. The number of morpholine rings is 1. The van der Waals surface area contributed by atoms with Crippen LogP contribution in [-0.4, -0.2) is 51.5 Å². The monoisotopic (exact) mass is 531 g/mol. The quantitative estimate of drug-likeness (QED) is 0.482. The Kier molecular flexibility index (Phi) is 7.65. The molecular weight excluding hydrogens is 505 g/mol. The van der Waals surface area contributed by atoms with Crippen LogP contribution < -0.4 is 21.9 Å². The van der Waals surface area contributed by atoms with Gasteiger partial charge in [0.25, 0.3) is 0 Å². The number of aromatic nitrogens is 3. The molecule has 0 aliphatic carbocycles. The summed E-state index contributed by atoms with van der Waals surface area (Å²) in [5.41, 5.74) is -1.77. The van der Waals surface area contributed by atoms with Crippen molar-refractivity contribution >= 4 is 28.9 Å². The van der Waals surface area contributed by atoms with E-state index in [1.165, 1.54) is 24.5 Å². The normalized spacial score (nSPS) is 14.7. The van der Waals surface area contributed by atoms with Crippen molar-refractivity contribution < 1.29 is 19.0 Å². The summed E-state index contributed by atoms with van der Waals surface area (Å²) in [5, 5.41) is 10.0. The molecule has 1 aliphatic heterocycles. The minimum Gasteiger partial charge on any atom is -0.481 e. The number of nitrogens with zero attached hydrogens (tertiary/aromatic N) is 4. The minimum absolute atomic E-state index is 0.00740. The average Bonchev–Trinajstić information content (AvgIpc) is 2.86. The standard InChI is InChI=1S/C25H27ClFN5O5/c1-25(2,21(33)34)15-32-23(35)29-22(31(24(32)36)14-16-3-5-17(26)6-4-16)28-18-7-8-20(19(27)13-18)30-9-11-37-12-10-30/h3-8,13H,9-12,14-15H2,1-2H3,(H,33,34)(H,28,29,35). The molecule has 2 N–H and O–H groups in total. The number of ether oxygens (including phenoxy) is 1. The van der Waals surface area contributed by atoms with E-state index in [0.29, 0.717) is 42.6 Å². The zero-order chi connectivity index (χ0) is 26.7. The van der Waals surface area contributed by atoms with E-state index in [1.54, 1.807) is 36.4 Å². The Labute approximate surface area is 216 Å². The summed E-state index contributed by atoms with van der Waals surface area (Å²) in [6, 6.07) is 11.2. The van der Waals surface area contributed by atoms with Crippen LogP contribution in [0.15, 0.2) is 57.0 Å². The van der Waals surface area contributed by atoms with Gasteiger partial charge >= 0.3 is 17.3 Å². The Balaban J connectivity index is 1.82. The van der Waals surface area contributed by atoms with Crippen LogP contribution in [0.25, 0.3) is 0 Å². The number of benzene rings is 2. The molecule has 1 saturated heterocycles. The van der Waals surface area contributed by atoms with Gasteiger partial charge in [0, 0.05) is 30.7 Å². The first-order valence-corrected chi connectivity index (χ1v) is 12.0. The van der Waals surface area contributed by atoms with Crippen molar-refractivity contribution in [3.63, 3.8) is 0 Å². The lowest BCUT2D eigenvalue weighted by atomic mass is 9.94. The summed E-state index contributed by atoms with van der Waals surface area (Å²) in [6.07, 6.45) is 0. The van der Waals surface area contributed by atoms with Gasteiger partial charge in [-0.05, 0) is 43.7 Å². The molecule has 37 heavy (non-hydrogen) atoms. The van der Waals surface area contributed by atoms with Gasteiger partial charge in [-0.1, -0.05) is 23.7 Å². The van der Waals surface area contributed by atoms with Crippen molar-refractivity contribution in [3.05, 3.63) is 85.5 Å². The summed E-state index contributed by atoms with van der Waals surface area (Å²) in [4.78, 5) is 46.7. The first-order valence-electron chi connectivity index (χ1n) is 11.6. The topological polar surface area (TPSA) is 122 Å². The summed E-state index contributed by atoms with van der Waals surface area (Å²) < 4.78 is 22.3. The predicted octanol–water partition coefficient (Wildman–Crippen LogP) is 2.36. The van der Waals surface area contributed by atoms with Gasteiger partial charge < -0.3 is 14.7 Å². The molecule has 10 nitrogen and oxygen atoms in total. The molecule has 0 bridgehead atoms. The molecule has 0 radical (unpaired) electrons. The largest absolute Gasteiger partial charge is 0.481 e. The van der Waals surface area contributed by atoms with Gasteiger partial charge in [0.05, 0.1) is 36.5 Å². The third-order valence-electron chi connectivity index (χ3n) is 6.09. The minimum atomic E-state index is -1.38. The lowest BCUT2D eigenvalue weighted by Crippen LogP contribution is -2.52. The SMILES string of the molecule is CC(C)(Cn1c(=O)[nH]/c(=N\c2ccc(N3CCOCC3)c(F)c2)n(Cc2ccc(Cl)cc2)c1=O)C(=O)O. The Morgan fingerprint density at radius 1 is 1.14 bits per heavy atom. The molecule has 12 heteroatoms. The van der Waals surface area contributed by atoms with Crippen LogP contribution >= 0.6 is 11.6 Å². The smallest absolute Gasteiger partial charge is 0.335 e. The molecule has 0 saturated carbocycles. The molecule has 0 spiro atoms. The van der Waals surface area contributed by atoms with Crippen LogP contribution in [0.3, 0.4) is 0 Å². The van der Waals surface area contributed by atoms with E-state index >= 15 is 0 Å². The molecule has 1 fully saturated rings. The number of carboxylic acid groups (broad SMARTS) is 1. The average molecular weight is 532 g/mol. The van der Waals surface area contributed by atoms with E-state index in [9.17, 15) is 23.9 Å². The highest BCUT2D eigenvalue weighted by Gasteiger charge is 2.29. The summed E-state index contributed by atoms with van der Waals surface area (Å²) in [6.45, 7) is 4.62. The molecule has 0 amide bonds. The van der Waals surface area contributed by atoms with Gasteiger partial charge in [-0.15, -0.1) is 0 Å². The third kappa shape index (κ3) is 6.00. The van der Waals surface area contributed by atoms with Crippen LogP contribution in [0.5, 0.6) is 0 Å². The number of nitrogens with one attached hydrogen (secondary N) is 1. The fourth-order valence-corrected chi connectivity index (χ4v) is 4.03. The van der Waals surface area contributed by atoms with Gasteiger partial charge in [-0.3, -0.25) is 14.3 Å². The number of hydrogen-bond acceptors (Lipinski definition) is 6. The third-order valence-corrected chi connectivity index (χ3v) is 6.34. The van der Waals surface area contributed by atoms with Crippen LogP contribution in [-0.2, 0) is 22.6 Å². The number of aliphatic carboxylic acids is 1. The van der Waals surface area contributed by atoms with E-state index in [4.69, 9.17) is 16.3 Å². The van der Waals surface area contributed by atoms with Crippen molar-refractivity contribution in [1.82, 2.24) is 14.1 Å². The maximum absolute atomic E-state index is 15.0. The summed E-state index contributed by atoms with van der Waals surface area (Å²) in [5.74, 6) is -1.65. The number of rotatable bonds is 7. The first kappa shape index (κ1) is 26.4. The second-order valence-electron chi connectivity index (χ2n) is 9.37. The summed E-state index contributed by atoms with van der Waals surface area (Å²) in [7, 11) is 0. The van der Waals surface area contributed by atoms with Gasteiger partial charge in [-0.2, -0.15) is 0 Å². The lowest BCUT2D eigenvalue weighted by Gasteiger charge is -2.29. The van der Waals surface area contributed by atoms with E-state index in [2.05, 4.69) is 9.98 Å². The molecule has 2 aromatic carbocycles. The number of carbonyl (C=O) groups is 1. The van der Waals surface area contributed by atoms with Gasteiger partial charge in [0.2, 0.25) is 5.62 Å². The highest BCUT2D eigenvalue weighted by atomic mass is 35.5. The molecule has 4 rings (SSSR count). The number of anilines is 1. The summed E-state index contributed by atoms with van der Waals surface area (Å²) >= 11 is 5.98. The zero-order valence-electron chi connectivity index (χ0n) is 20.4. The Morgan fingerprint density at radius 2 is 1.81 bits per heavy atom. The molecule has 1 aromatic heterocycles. The second kappa shape index (κ2) is 10.7. The van der Waals surface area contributed by atoms with E-state index in [0.717, 1.165) is 4.57 Å². The molecule has 2 heterocycles. The predicted molar refractivity (Wildman–Crippen MR) is 136 cm³/mol. The number of H-pyrrole nitrogens is 1. The van der Waals surface area contributed by atoms with Crippen molar-refractivity contribution in [2.24, 2.45) is 10.4 Å². The van der Waals surface area contributed by atoms with E-state index in [1.807, 2.05) is 4.90 Å². The van der Waals surface area contributed by atoms with Crippen LogP contribution in [0.4, 0.5) is 15.8 Å². The molecular formula is C25H27ClFN5O5. The fraction of sp³-hybridized carbons (Fsp3) is 0.360.